The van der Waals surface area contributed by atoms with E-state index in [1.807, 2.05) is 67.2 Å². The fourth-order valence-corrected chi connectivity index (χ4v) is 5.62. The zero-order valence-corrected chi connectivity index (χ0v) is 23.0. The first kappa shape index (κ1) is 25.4. The molecule has 0 radical (unpaired) electrons. The second-order valence-corrected chi connectivity index (χ2v) is 11.2. The van der Waals surface area contributed by atoms with Gasteiger partial charge in [-0.15, -0.1) is 0 Å². The summed E-state index contributed by atoms with van der Waals surface area (Å²) in [6.45, 7) is 9.50. The number of urea groups is 1. The summed E-state index contributed by atoms with van der Waals surface area (Å²) in [4.78, 5) is 32.9. The molecule has 3 aromatic rings. The van der Waals surface area contributed by atoms with Crippen LogP contribution in [0.5, 0.6) is 0 Å². The van der Waals surface area contributed by atoms with Crippen molar-refractivity contribution in [2.75, 3.05) is 42.9 Å². The highest BCUT2D eigenvalue weighted by atomic mass is 16.2. The van der Waals surface area contributed by atoms with E-state index in [4.69, 9.17) is 0 Å². The number of aromatic nitrogens is 2. The maximum absolute atomic E-state index is 13.9. The molecule has 3 heterocycles. The van der Waals surface area contributed by atoms with Crippen molar-refractivity contribution in [1.29, 1.82) is 0 Å². The lowest BCUT2D eigenvalue weighted by Crippen LogP contribution is -2.51. The van der Waals surface area contributed by atoms with Crippen LogP contribution in [0, 0.1) is 19.8 Å². The van der Waals surface area contributed by atoms with Gasteiger partial charge in [0.15, 0.2) is 0 Å². The first-order chi connectivity index (χ1) is 18.9. The van der Waals surface area contributed by atoms with Gasteiger partial charge in [-0.3, -0.25) is 14.4 Å². The van der Waals surface area contributed by atoms with Gasteiger partial charge in [0.1, 0.15) is 5.82 Å². The number of nitrogens with one attached hydrogen (secondary N) is 2. The molecular weight excluding hydrogens is 490 g/mol. The number of rotatable bonds is 5. The Kier molecular flexibility index (Phi) is 6.76. The smallest absolute Gasteiger partial charge is 0.317 e. The second kappa shape index (κ2) is 10.4. The van der Waals surface area contributed by atoms with Crippen molar-refractivity contribution in [2.45, 2.75) is 39.8 Å². The number of hydrogen-bond acceptors (Lipinski definition) is 5. The molecule has 2 aliphatic heterocycles. The van der Waals surface area contributed by atoms with E-state index >= 15 is 0 Å². The molecule has 9 nitrogen and oxygen atoms in total. The van der Waals surface area contributed by atoms with E-state index in [-0.39, 0.29) is 11.9 Å². The number of carbonyl (C=O) groups is 2. The number of carbonyl (C=O) groups excluding carboxylic acids is 2. The van der Waals surface area contributed by atoms with Gasteiger partial charge in [-0.2, -0.15) is 5.10 Å². The lowest BCUT2D eigenvalue weighted by Gasteiger charge is -2.34. The molecule has 2 N–H and O–H groups in total. The largest absolute Gasteiger partial charge is 0.338 e. The molecule has 1 aromatic heterocycles. The summed E-state index contributed by atoms with van der Waals surface area (Å²) >= 11 is 0. The number of aryl methyl sites for hydroxylation is 3. The predicted molar refractivity (Wildman–Crippen MR) is 152 cm³/mol. The van der Waals surface area contributed by atoms with Crippen molar-refractivity contribution >= 4 is 29.1 Å². The summed E-state index contributed by atoms with van der Waals surface area (Å²) in [5.74, 6) is 1.71. The molecule has 3 aliphatic rings. The van der Waals surface area contributed by atoms with Crippen LogP contribution in [0.3, 0.4) is 0 Å². The first-order valence-electron chi connectivity index (χ1n) is 13.9. The van der Waals surface area contributed by atoms with E-state index in [1.54, 1.807) is 4.68 Å². The number of benzene rings is 2. The average molecular weight is 528 g/mol. The van der Waals surface area contributed by atoms with E-state index in [9.17, 15) is 9.59 Å². The van der Waals surface area contributed by atoms with Gasteiger partial charge < -0.3 is 20.4 Å². The Morgan fingerprint density at radius 2 is 1.85 bits per heavy atom. The second-order valence-electron chi connectivity index (χ2n) is 11.2. The van der Waals surface area contributed by atoms with Crippen LogP contribution in [0.15, 0.2) is 42.6 Å². The minimum absolute atomic E-state index is 0.0184. The molecule has 1 saturated carbocycles. The van der Waals surface area contributed by atoms with Gasteiger partial charge >= 0.3 is 6.03 Å². The van der Waals surface area contributed by atoms with Gasteiger partial charge in [0, 0.05) is 57.4 Å². The molecule has 39 heavy (non-hydrogen) atoms. The van der Waals surface area contributed by atoms with Gasteiger partial charge in [0.2, 0.25) is 0 Å². The highest BCUT2D eigenvalue weighted by Gasteiger charge is 2.29. The Labute approximate surface area is 229 Å². The predicted octanol–water partition coefficient (Wildman–Crippen LogP) is 4.18. The summed E-state index contributed by atoms with van der Waals surface area (Å²) in [6.07, 6.45) is 4.53. The third-order valence-electron chi connectivity index (χ3n) is 8.12. The maximum Gasteiger partial charge on any atom is 0.317 e. The molecule has 3 amide bonds. The van der Waals surface area contributed by atoms with E-state index in [1.165, 1.54) is 19.4 Å². The Bertz CT molecular complexity index is 1400. The molecule has 0 atom stereocenters. The molecule has 6 rings (SSSR count). The minimum Gasteiger partial charge on any atom is -0.338 e. The molecule has 2 fully saturated rings. The summed E-state index contributed by atoms with van der Waals surface area (Å²) in [5, 5.41) is 10.9. The van der Waals surface area contributed by atoms with Crippen molar-refractivity contribution in [3.05, 3.63) is 70.4 Å². The van der Waals surface area contributed by atoms with Crippen LogP contribution < -0.4 is 15.5 Å². The molecule has 9 heteroatoms. The standard InChI is InChI=1S/C30H37N7O2/c1-20-4-9-27-26(14-20)33-28-24(17-32-34(28)3)19-37(27)29(38)25-8-7-23(15-21(25)2)16-31-30(39)36-12-10-35(11-13-36)18-22-5-6-22/h4,7-9,14-15,17,22,33H,5-6,10-13,16,18-19H2,1-3H3,(H,31,39). The van der Waals surface area contributed by atoms with Crippen LogP contribution in [0.4, 0.5) is 22.0 Å². The fraction of sp³-hybridized carbons (Fsp3) is 0.433. The Morgan fingerprint density at radius 3 is 2.59 bits per heavy atom. The van der Waals surface area contributed by atoms with E-state index in [0.29, 0.717) is 18.7 Å². The van der Waals surface area contributed by atoms with Gasteiger partial charge in [-0.1, -0.05) is 18.2 Å². The lowest BCUT2D eigenvalue weighted by molar-refractivity contribution is 0.0984. The number of anilines is 3. The van der Waals surface area contributed by atoms with E-state index in [2.05, 4.69) is 26.7 Å². The van der Waals surface area contributed by atoms with E-state index < -0.39 is 0 Å². The first-order valence-corrected chi connectivity index (χ1v) is 13.9. The van der Waals surface area contributed by atoms with Crippen molar-refractivity contribution in [3.8, 4) is 0 Å². The van der Waals surface area contributed by atoms with E-state index in [0.717, 1.165) is 71.5 Å². The summed E-state index contributed by atoms with van der Waals surface area (Å²) in [7, 11) is 1.90. The number of piperazine rings is 1. The Morgan fingerprint density at radius 1 is 1.05 bits per heavy atom. The fourth-order valence-electron chi connectivity index (χ4n) is 5.62. The molecule has 0 unspecified atom stereocenters. The third kappa shape index (κ3) is 5.36. The monoisotopic (exact) mass is 527 g/mol. The topological polar surface area (TPSA) is 85.7 Å². The number of hydrogen-bond donors (Lipinski definition) is 2. The van der Waals surface area contributed by atoms with Crippen molar-refractivity contribution in [2.24, 2.45) is 13.0 Å². The molecule has 204 valence electrons. The summed E-state index contributed by atoms with van der Waals surface area (Å²) in [6, 6.07) is 11.9. The maximum atomic E-state index is 13.9. The molecule has 0 bridgehead atoms. The average Bonchev–Trinajstić information content (AvgIpc) is 3.71. The third-order valence-corrected chi connectivity index (χ3v) is 8.12. The normalized spacial score (nSPS) is 17.2. The van der Waals surface area contributed by atoms with Crippen molar-refractivity contribution in [1.82, 2.24) is 24.9 Å². The summed E-state index contributed by atoms with van der Waals surface area (Å²) in [5.41, 5.74) is 6.32. The highest BCUT2D eigenvalue weighted by molar-refractivity contribution is 6.09. The van der Waals surface area contributed by atoms with Gasteiger partial charge in [0.25, 0.3) is 5.91 Å². The van der Waals surface area contributed by atoms with Crippen LogP contribution in [0.2, 0.25) is 0 Å². The summed E-state index contributed by atoms with van der Waals surface area (Å²) < 4.78 is 1.80. The minimum atomic E-state index is -0.0595. The molecular formula is C30H37N7O2. The van der Waals surface area contributed by atoms with Gasteiger partial charge in [-0.25, -0.2) is 4.79 Å². The molecule has 1 aliphatic carbocycles. The number of nitrogens with zero attached hydrogens (tertiary/aromatic N) is 5. The van der Waals surface area contributed by atoms with Crippen molar-refractivity contribution < 1.29 is 9.59 Å². The highest BCUT2D eigenvalue weighted by Crippen LogP contribution is 2.37. The zero-order valence-electron chi connectivity index (χ0n) is 23.0. The molecule has 0 spiro atoms. The van der Waals surface area contributed by atoms with Crippen LogP contribution in [0.1, 0.15) is 45.5 Å². The molecule has 1 saturated heterocycles. The molecule has 2 aromatic carbocycles. The van der Waals surface area contributed by atoms with Crippen LogP contribution in [0.25, 0.3) is 0 Å². The van der Waals surface area contributed by atoms with Gasteiger partial charge in [0.05, 0.1) is 24.1 Å². The lowest BCUT2D eigenvalue weighted by atomic mass is 10.0. The SMILES string of the molecule is Cc1ccc2c(c1)Nc1c(cnn1C)CN2C(=O)c1ccc(CNC(=O)N2CCN(CC3CC3)CC2)cc1C. The number of amides is 3. The van der Waals surface area contributed by atoms with Gasteiger partial charge in [-0.05, 0) is 67.5 Å². The van der Waals surface area contributed by atoms with Crippen LogP contribution >= 0.6 is 0 Å². The van der Waals surface area contributed by atoms with Crippen LogP contribution in [-0.2, 0) is 20.1 Å². The van der Waals surface area contributed by atoms with Crippen molar-refractivity contribution in [3.63, 3.8) is 0 Å². The Hall–Kier alpha value is -3.85. The Balaban J connectivity index is 1.13. The number of fused-ring (bicyclic) bond motifs is 2. The quantitative estimate of drug-likeness (QED) is 0.520. The van der Waals surface area contributed by atoms with Crippen LogP contribution in [-0.4, -0.2) is 64.2 Å². The zero-order chi connectivity index (χ0) is 27.1.